The number of methoxy groups -OCH3 is 1. The Balaban J connectivity index is 1.23. The number of hydrogen-bond donors (Lipinski definition) is 1. The minimum Gasteiger partial charge on any atom is -0.495 e. The summed E-state index contributed by atoms with van der Waals surface area (Å²) in [5.74, 6) is 2.54. The third-order valence-corrected chi connectivity index (χ3v) is 8.79. The molecule has 9 nitrogen and oxygen atoms in total. The van der Waals surface area contributed by atoms with Crippen LogP contribution in [0, 0.1) is 36.5 Å². The average molecular weight is 541 g/mol. The molecule has 1 N–H and O–H groups in total. The van der Waals surface area contributed by atoms with Gasteiger partial charge in [-0.25, -0.2) is 9.97 Å². The second kappa shape index (κ2) is 10.3. The van der Waals surface area contributed by atoms with Crippen LogP contribution in [0.5, 0.6) is 5.75 Å². The first-order valence-corrected chi connectivity index (χ1v) is 14.0. The number of nitrogens with one attached hydrogen (secondary N) is 1. The molecule has 0 bridgehead atoms. The van der Waals surface area contributed by atoms with Gasteiger partial charge < -0.3 is 24.6 Å². The van der Waals surface area contributed by atoms with Crippen LogP contribution in [0.3, 0.4) is 0 Å². The van der Waals surface area contributed by atoms with Gasteiger partial charge in [0, 0.05) is 43.5 Å². The molecule has 0 unspecified atom stereocenters. The molecule has 1 amide bonds. The summed E-state index contributed by atoms with van der Waals surface area (Å²) in [6.07, 6.45) is 1.64. The highest BCUT2D eigenvalue weighted by Gasteiger charge is 2.51. The molecule has 0 saturated carbocycles. The minimum atomic E-state index is -0.0646. The van der Waals surface area contributed by atoms with E-state index in [1.807, 2.05) is 43.0 Å². The number of carbonyl (C=O) groups excluding carboxylic acids is 1. The summed E-state index contributed by atoms with van der Waals surface area (Å²) in [5, 5.41) is 14.0. The standard InChI is InChI=1S/C31H36N6O3/c1-19-23(14-32)6-5-7-24(19)20(2)33-29-25-12-27(28(39-4)13-26(25)34-21(3)35-29)36-10-8-22(9-11-36)30(38)37-15-31(16-37)17-40-18-31/h5-7,12-13,20,22H,8-11,15-18H2,1-4H3,(H,33,34,35)/t20-/m1/s1. The molecule has 40 heavy (non-hydrogen) atoms. The van der Waals surface area contributed by atoms with Gasteiger partial charge in [-0.05, 0) is 56.9 Å². The summed E-state index contributed by atoms with van der Waals surface area (Å²) in [5.41, 5.74) is 4.74. The quantitative estimate of drug-likeness (QED) is 0.492. The topological polar surface area (TPSA) is 104 Å². The van der Waals surface area contributed by atoms with Gasteiger partial charge in [-0.15, -0.1) is 0 Å². The smallest absolute Gasteiger partial charge is 0.225 e. The summed E-state index contributed by atoms with van der Waals surface area (Å²) in [6.45, 7) is 10.8. The fraction of sp³-hybridized carbons (Fsp3) is 0.484. The zero-order valence-electron chi connectivity index (χ0n) is 23.7. The zero-order valence-corrected chi connectivity index (χ0v) is 23.7. The highest BCUT2D eigenvalue weighted by molar-refractivity contribution is 5.94. The van der Waals surface area contributed by atoms with Gasteiger partial charge in [0.2, 0.25) is 5.91 Å². The third kappa shape index (κ3) is 4.60. The molecule has 6 rings (SSSR count). The van der Waals surface area contributed by atoms with E-state index in [4.69, 9.17) is 19.4 Å². The number of aromatic nitrogens is 2. The van der Waals surface area contributed by atoms with E-state index in [0.29, 0.717) is 17.3 Å². The number of nitriles is 1. The molecular weight excluding hydrogens is 504 g/mol. The lowest BCUT2D eigenvalue weighted by Gasteiger charge is -2.55. The second-order valence-electron chi connectivity index (χ2n) is 11.6. The molecule has 3 aliphatic heterocycles. The van der Waals surface area contributed by atoms with E-state index in [0.717, 1.165) is 91.5 Å². The van der Waals surface area contributed by atoms with Gasteiger partial charge >= 0.3 is 0 Å². The summed E-state index contributed by atoms with van der Waals surface area (Å²) < 4.78 is 11.2. The number of benzene rings is 2. The molecule has 3 aromatic rings. The lowest BCUT2D eigenvalue weighted by atomic mass is 9.77. The summed E-state index contributed by atoms with van der Waals surface area (Å²) in [7, 11) is 1.69. The van der Waals surface area contributed by atoms with Crippen LogP contribution in [0.15, 0.2) is 30.3 Å². The van der Waals surface area contributed by atoms with Crippen LogP contribution < -0.4 is 15.0 Å². The van der Waals surface area contributed by atoms with Crippen molar-refractivity contribution < 1.29 is 14.3 Å². The van der Waals surface area contributed by atoms with Crippen LogP contribution >= 0.6 is 0 Å². The van der Waals surface area contributed by atoms with Crippen LogP contribution in [0.25, 0.3) is 10.9 Å². The monoisotopic (exact) mass is 540 g/mol. The molecule has 4 heterocycles. The first-order chi connectivity index (χ1) is 19.3. The van der Waals surface area contributed by atoms with E-state index < -0.39 is 0 Å². The normalized spacial score (nSPS) is 19.1. The van der Waals surface area contributed by atoms with Gasteiger partial charge in [-0.2, -0.15) is 5.26 Å². The van der Waals surface area contributed by atoms with Crippen molar-refractivity contribution in [3.8, 4) is 11.8 Å². The van der Waals surface area contributed by atoms with Crippen molar-refractivity contribution in [3.63, 3.8) is 0 Å². The number of aryl methyl sites for hydroxylation is 1. The lowest BCUT2D eigenvalue weighted by molar-refractivity contribution is -0.197. The molecule has 208 valence electrons. The Bertz CT molecular complexity index is 1500. The van der Waals surface area contributed by atoms with Crippen molar-refractivity contribution in [1.82, 2.24) is 14.9 Å². The Kier molecular flexibility index (Phi) is 6.75. The molecule has 1 spiro atoms. The molecule has 3 aliphatic rings. The largest absolute Gasteiger partial charge is 0.495 e. The van der Waals surface area contributed by atoms with E-state index in [1.54, 1.807) is 7.11 Å². The number of likely N-dealkylation sites (tertiary alicyclic amines) is 1. The summed E-state index contributed by atoms with van der Waals surface area (Å²) >= 11 is 0. The Morgan fingerprint density at radius 3 is 2.60 bits per heavy atom. The van der Waals surface area contributed by atoms with Crippen LogP contribution in [-0.2, 0) is 9.53 Å². The zero-order chi connectivity index (χ0) is 28.0. The van der Waals surface area contributed by atoms with E-state index in [1.165, 1.54) is 0 Å². The SMILES string of the molecule is COc1cc2nc(C)nc(N[C@H](C)c3cccc(C#N)c3C)c2cc1N1CCC(C(=O)N2CC3(COC3)C2)CC1. The fourth-order valence-electron chi connectivity index (χ4n) is 6.43. The van der Waals surface area contributed by atoms with Gasteiger partial charge in [0.25, 0.3) is 0 Å². The maximum Gasteiger partial charge on any atom is 0.225 e. The molecule has 3 fully saturated rings. The number of amides is 1. The van der Waals surface area contributed by atoms with E-state index in [-0.39, 0.29) is 17.4 Å². The number of piperidine rings is 1. The number of ether oxygens (including phenoxy) is 2. The highest BCUT2D eigenvalue weighted by atomic mass is 16.5. The first-order valence-electron chi connectivity index (χ1n) is 14.0. The fourth-order valence-corrected chi connectivity index (χ4v) is 6.43. The molecule has 3 saturated heterocycles. The Labute approximate surface area is 235 Å². The van der Waals surface area contributed by atoms with Crippen molar-refractivity contribution in [3.05, 3.63) is 52.8 Å². The summed E-state index contributed by atoms with van der Waals surface area (Å²) in [4.78, 5) is 26.9. The van der Waals surface area contributed by atoms with Gasteiger partial charge in [0.05, 0.1) is 54.6 Å². The third-order valence-electron chi connectivity index (χ3n) is 8.79. The van der Waals surface area contributed by atoms with Crippen molar-refractivity contribution in [1.29, 1.82) is 5.26 Å². The Hall–Kier alpha value is -3.90. The lowest BCUT2D eigenvalue weighted by Crippen LogP contribution is -2.68. The molecule has 0 aliphatic carbocycles. The number of nitrogens with zero attached hydrogens (tertiary/aromatic N) is 5. The Morgan fingerprint density at radius 1 is 1.20 bits per heavy atom. The number of rotatable bonds is 6. The van der Waals surface area contributed by atoms with E-state index >= 15 is 0 Å². The molecule has 1 aromatic heterocycles. The van der Waals surface area contributed by atoms with Gasteiger partial charge in [0.1, 0.15) is 17.4 Å². The maximum atomic E-state index is 13.1. The highest BCUT2D eigenvalue weighted by Crippen LogP contribution is 2.41. The van der Waals surface area contributed by atoms with Crippen molar-refractivity contribution in [2.24, 2.45) is 11.3 Å². The van der Waals surface area contributed by atoms with E-state index in [9.17, 15) is 10.1 Å². The van der Waals surface area contributed by atoms with Gasteiger partial charge in [-0.3, -0.25) is 4.79 Å². The van der Waals surface area contributed by atoms with E-state index in [2.05, 4.69) is 29.3 Å². The van der Waals surface area contributed by atoms with Gasteiger partial charge in [0.15, 0.2) is 0 Å². The molecule has 9 heteroatoms. The number of hydrogen-bond acceptors (Lipinski definition) is 8. The van der Waals surface area contributed by atoms with Crippen molar-refractivity contribution in [2.45, 2.75) is 39.7 Å². The van der Waals surface area contributed by atoms with Crippen LogP contribution in [0.2, 0.25) is 0 Å². The first kappa shape index (κ1) is 26.3. The van der Waals surface area contributed by atoms with Crippen molar-refractivity contribution >= 4 is 28.3 Å². The second-order valence-corrected chi connectivity index (χ2v) is 11.6. The maximum absolute atomic E-state index is 13.1. The van der Waals surface area contributed by atoms with Crippen LogP contribution in [0.1, 0.15) is 48.3 Å². The summed E-state index contributed by atoms with van der Waals surface area (Å²) in [6, 6.07) is 12.1. The number of fused-ring (bicyclic) bond motifs is 1. The molecule has 1 atom stereocenters. The molecular formula is C31H36N6O3. The molecule has 0 radical (unpaired) electrons. The van der Waals surface area contributed by atoms with Gasteiger partial charge in [-0.1, -0.05) is 12.1 Å². The van der Waals surface area contributed by atoms with Crippen LogP contribution in [0.4, 0.5) is 11.5 Å². The average Bonchev–Trinajstić information content (AvgIpc) is 2.90. The number of carbonyl (C=O) groups is 1. The Morgan fingerprint density at radius 2 is 1.95 bits per heavy atom. The molecule has 2 aromatic carbocycles. The predicted molar refractivity (Wildman–Crippen MR) is 154 cm³/mol. The van der Waals surface area contributed by atoms with Crippen LogP contribution in [-0.4, -0.2) is 67.3 Å². The number of anilines is 2. The van der Waals surface area contributed by atoms with Crippen molar-refractivity contribution in [2.75, 3.05) is 56.7 Å². The minimum absolute atomic E-state index is 0.0646. The predicted octanol–water partition coefficient (Wildman–Crippen LogP) is 4.38.